The van der Waals surface area contributed by atoms with Gasteiger partial charge in [0.25, 0.3) is 0 Å². The Kier molecular flexibility index (Phi) is 7.60. The average molecular weight is 529 g/mol. The number of nitrogens with two attached hydrogens (primary N) is 1. The minimum absolute atomic E-state index is 0.273. The molecule has 1 heterocycles. The van der Waals surface area contributed by atoms with Gasteiger partial charge in [0.2, 0.25) is 0 Å². The summed E-state index contributed by atoms with van der Waals surface area (Å²) in [6.45, 7) is 9.93. The van der Waals surface area contributed by atoms with Crippen LogP contribution in [0.5, 0.6) is 0 Å². The zero-order valence-electron chi connectivity index (χ0n) is 23.6. The van der Waals surface area contributed by atoms with Crippen molar-refractivity contribution >= 4 is 35.5 Å². The van der Waals surface area contributed by atoms with Crippen molar-refractivity contribution < 1.29 is 0 Å². The van der Waals surface area contributed by atoms with E-state index in [1.54, 1.807) is 11.8 Å². The molecule has 1 aliphatic rings. The summed E-state index contributed by atoms with van der Waals surface area (Å²) in [6.07, 6.45) is 5.09. The summed E-state index contributed by atoms with van der Waals surface area (Å²) in [4.78, 5) is 6.29. The van der Waals surface area contributed by atoms with Crippen molar-refractivity contribution in [1.29, 1.82) is 0 Å². The third-order valence-electron chi connectivity index (χ3n) is 8.75. The molecule has 0 unspecified atom stereocenters. The van der Waals surface area contributed by atoms with E-state index in [2.05, 4.69) is 137 Å². The normalized spacial score (nSPS) is 16.3. The van der Waals surface area contributed by atoms with Crippen LogP contribution in [0.15, 0.2) is 119 Å². The highest BCUT2D eigenvalue weighted by molar-refractivity contribution is 7.98. The minimum atomic E-state index is 0.273. The zero-order chi connectivity index (χ0) is 27.6. The fourth-order valence-corrected chi connectivity index (χ4v) is 6.48. The summed E-state index contributed by atoms with van der Waals surface area (Å²) in [6, 6.07) is 36.4. The number of aliphatic imine (C=N–C) groups is 1. The molecule has 0 bridgehead atoms. The largest absolute Gasteiger partial charge is 0.383 e. The molecule has 0 spiro atoms. The first kappa shape index (κ1) is 27.1. The molecule has 0 aromatic heterocycles. The van der Waals surface area contributed by atoms with Crippen molar-refractivity contribution in [3.05, 3.63) is 126 Å². The molecule has 39 heavy (non-hydrogen) atoms. The summed E-state index contributed by atoms with van der Waals surface area (Å²) in [7, 11) is 0. The van der Waals surface area contributed by atoms with Gasteiger partial charge in [0.1, 0.15) is 5.84 Å². The average Bonchev–Trinajstić information content (AvgIpc) is 3.38. The molecule has 5 rings (SSSR count). The van der Waals surface area contributed by atoms with Crippen LogP contribution in [0.3, 0.4) is 0 Å². The van der Waals surface area contributed by atoms with Crippen molar-refractivity contribution in [1.82, 2.24) is 0 Å². The Bertz CT molecular complexity index is 1500. The molecule has 1 saturated heterocycles. The number of rotatable bonds is 8. The Morgan fingerprint density at radius 2 is 1.46 bits per heavy atom. The molecule has 4 aromatic rings. The molecular formula is C35H37BN2S. The van der Waals surface area contributed by atoms with Gasteiger partial charge in [-0.2, -0.15) is 0 Å². The third kappa shape index (κ3) is 5.49. The van der Waals surface area contributed by atoms with Gasteiger partial charge in [0, 0.05) is 10.5 Å². The van der Waals surface area contributed by atoms with Gasteiger partial charge in [-0.1, -0.05) is 147 Å². The lowest BCUT2D eigenvalue weighted by Crippen LogP contribution is -2.23. The van der Waals surface area contributed by atoms with E-state index in [1.165, 1.54) is 27.0 Å². The van der Waals surface area contributed by atoms with Crippen LogP contribution >= 0.6 is 11.8 Å². The molecule has 1 aliphatic heterocycles. The van der Waals surface area contributed by atoms with Crippen molar-refractivity contribution in [2.75, 3.05) is 6.26 Å². The first-order valence-electron chi connectivity index (χ1n) is 13.6. The van der Waals surface area contributed by atoms with Gasteiger partial charge in [0.15, 0.2) is 6.71 Å². The third-order valence-corrected chi connectivity index (χ3v) is 9.55. The van der Waals surface area contributed by atoms with Crippen LogP contribution < -0.4 is 11.2 Å². The van der Waals surface area contributed by atoms with Gasteiger partial charge in [0.05, 0.1) is 5.70 Å². The number of nitrogens with zero attached hydrogens (tertiary/aromatic N) is 1. The second-order valence-corrected chi connectivity index (χ2v) is 12.4. The predicted molar refractivity (Wildman–Crippen MR) is 172 cm³/mol. The van der Waals surface area contributed by atoms with Crippen LogP contribution in [0.25, 0.3) is 16.8 Å². The van der Waals surface area contributed by atoms with E-state index in [9.17, 15) is 0 Å². The number of hydrogen-bond acceptors (Lipinski definition) is 2. The molecule has 196 valence electrons. The molecule has 0 aliphatic carbocycles. The lowest BCUT2D eigenvalue weighted by molar-refractivity contribution is 0.628. The van der Waals surface area contributed by atoms with E-state index in [-0.39, 0.29) is 10.6 Å². The van der Waals surface area contributed by atoms with Gasteiger partial charge >= 0.3 is 0 Å². The molecule has 4 heteroatoms. The van der Waals surface area contributed by atoms with Gasteiger partial charge in [-0.25, -0.2) is 4.99 Å². The molecule has 2 nitrogen and oxygen atoms in total. The van der Waals surface area contributed by atoms with Crippen molar-refractivity contribution in [2.24, 2.45) is 10.7 Å². The minimum Gasteiger partial charge on any atom is -0.383 e. The van der Waals surface area contributed by atoms with Crippen LogP contribution in [0.2, 0.25) is 10.6 Å². The van der Waals surface area contributed by atoms with Crippen LogP contribution in [0, 0.1) is 0 Å². The molecular weight excluding hydrogens is 491 g/mol. The monoisotopic (exact) mass is 528 g/mol. The summed E-state index contributed by atoms with van der Waals surface area (Å²) in [5.74, 6) is 0.546. The first-order valence-corrected chi connectivity index (χ1v) is 14.9. The van der Waals surface area contributed by atoms with Crippen molar-refractivity contribution in [2.45, 2.75) is 49.6 Å². The van der Waals surface area contributed by atoms with Crippen molar-refractivity contribution in [3.8, 4) is 11.1 Å². The Labute approximate surface area is 238 Å². The van der Waals surface area contributed by atoms with E-state index in [0.29, 0.717) is 12.5 Å². The highest BCUT2D eigenvalue weighted by atomic mass is 32.2. The zero-order valence-corrected chi connectivity index (χ0v) is 24.4. The quantitative estimate of drug-likeness (QED) is 0.108. The Hall–Kier alpha value is -3.50. The van der Waals surface area contributed by atoms with E-state index in [4.69, 9.17) is 10.7 Å². The van der Waals surface area contributed by atoms with E-state index in [1.807, 2.05) is 6.07 Å². The molecule has 0 amide bonds. The number of thioether (sulfide) groups is 1. The molecule has 2 N–H and O–H groups in total. The first-order chi connectivity index (χ1) is 18.7. The molecule has 1 fully saturated rings. The maximum absolute atomic E-state index is 6.69. The smallest absolute Gasteiger partial charge is 0.187 e. The SMILES string of the molecule is CSc1ccccc1-c1ccc(/C(=C/Cc2ccccc2)N=C(N)c2cccc(B3C(C)(C)C3(C)C)c2)cc1. The Morgan fingerprint density at radius 3 is 2.13 bits per heavy atom. The molecule has 4 aromatic carbocycles. The highest BCUT2D eigenvalue weighted by Gasteiger charge is 2.67. The van der Waals surface area contributed by atoms with Crippen LogP contribution in [0.4, 0.5) is 0 Å². The van der Waals surface area contributed by atoms with Gasteiger partial charge in [-0.05, 0) is 41.0 Å². The number of hydrogen-bond donors (Lipinski definition) is 1. The maximum atomic E-state index is 6.69. The van der Waals surface area contributed by atoms with Crippen LogP contribution in [-0.2, 0) is 6.42 Å². The highest BCUT2D eigenvalue weighted by Crippen LogP contribution is 2.73. The standard InChI is InChI=1S/C35H37BN2S/c1-34(2)35(3,4)36(34)29-15-11-14-28(24-29)33(37)38-31(23-18-25-12-7-6-8-13-25)27-21-19-26(20-22-27)30-16-9-10-17-32(30)39-5/h6-17,19-24H,18H2,1-5H3,(H2,37,38)/b31-23-. The van der Waals surface area contributed by atoms with E-state index in [0.717, 1.165) is 23.2 Å². The maximum Gasteiger partial charge on any atom is 0.187 e. The number of amidine groups is 1. The Morgan fingerprint density at radius 1 is 0.795 bits per heavy atom. The molecule has 0 radical (unpaired) electrons. The Balaban J connectivity index is 1.49. The summed E-state index contributed by atoms with van der Waals surface area (Å²) < 4.78 is 0. The number of benzene rings is 4. The van der Waals surface area contributed by atoms with E-state index < -0.39 is 0 Å². The lowest BCUT2D eigenvalue weighted by Gasteiger charge is -2.11. The van der Waals surface area contributed by atoms with Crippen LogP contribution in [-0.4, -0.2) is 18.8 Å². The fourth-order valence-electron chi connectivity index (χ4n) is 5.86. The number of allylic oxidation sites excluding steroid dienone is 1. The topological polar surface area (TPSA) is 38.4 Å². The van der Waals surface area contributed by atoms with Crippen LogP contribution in [0.1, 0.15) is 44.4 Å². The summed E-state index contributed by atoms with van der Waals surface area (Å²) >= 11 is 1.77. The summed E-state index contributed by atoms with van der Waals surface area (Å²) in [5.41, 5.74) is 14.6. The predicted octanol–water partition coefficient (Wildman–Crippen LogP) is 8.34. The molecule has 0 saturated carbocycles. The lowest BCUT2D eigenvalue weighted by atomic mass is 9.53. The van der Waals surface area contributed by atoms with Gasteiger partial charge in [-0.3, -0.25) is 0 Å². The fraction of sp³-hybridized carbons (Fsp3) is 0.229. The van der Waals surface area contributed by atoms with Gasteiger partial charge in [-0.15, -0.1) is 11.8 Å². The van der Waals surface area contributed by atoms with E-state index >= 15 is 0 Å². The second kappa shape index (κ2) is 10.9. The molecule has 0 atom stereocenters. The second-order valence-electron chi connectivity index (χ2n) is 11.6. The summed E-state index contributed by atoms with van der Waals surface area (Å²) in [5, 5.41) is 0.545. The van der Waals surface area contributed by atoms with Gasteiger partial charge < -0.3 is 5.73 Å². The van der Waals surface area contributed by atoms with Crippen molar-refractivity contribution in [3.63, 3.8) is 0 Å².